The number of methoxy groups -OCH3 is 1. The molecule has 3 heterocycles. The lowest BCUT2D eigenvalue weighted by atomic mass is 10.0. The Hall–Kier alpha value is -2.74. The molecule has 0 amide bonds. The van der Waals surface area contributed by atoms with E-state index in [1.54, 1.807) is 18.6 Å². The molecule has 1 saturated heterocycles. The molecule has 0 aliphatic carbocycles. The SMILES string of the molecule is COCCn1c(=O)c(C)c(C)c2cc(CCN3CCN(c4nsc5ccccc45)CC3)ccc21. The van der Waals surface area contributed by atoms with Crippen molar-refractivity contribution in [2.24, 2.45) is 0 Å². The molecular formula is C27H32N4O2S. The van der Waals surface area contributed by atoms with E-state index in [0.29, 0.717) is 13.2 Å². The first kappa shape index (κ1) is 23.0. The van der Waals surface area contributed by atoms with E-state index in [2.05, 4.69) is 59.2 Å². The highest BCUT2D eigenvalue weighted by molar-refractivity contribution is 7.13. The highest BCUT2D eigenvalue weighted by atomic mass is 32.1. The molecule has 0 N–H and O–H groups in total. The highest BCUT2D eigenvalue weighted by Gasteiger charge is 2.20. The zero-order valence-corrected chi connectivity index (χ0v) is 21.0. The summed E-state index contributed by atoms with van der Waals surface area (Å²) in [6.45, 7) is 10.3. The average molecular weight is 477 g/mol. The molecule has 1 fully saturated rings. The fourth-order valence-electron chi connectivity index (χ4n) is 4.92. The van der Waals surface area contributed by atoms with E-state index in [1.165, 1.54) is 21.0 Å². The molecule has 178 valence electrons. The fraction of sp³-hybridized carbons (Fsp3) is 0.407. The first-order chi connectivity index (χ1) is 16.6. The van der Waals surface area contributed by atoms with Crippen LogP contribution in [0.15, 0.2) is 47.3 Å². The quantitative estimate of drug-likeness (QED) is 0.399. The van der Waals surface area contributed by atoms with E-state index in [9.17, 15) is 4.79 Å². The van der Waals surface area contributed by atoms with Crippen LogP contribution in [0.3, 0.4) is 0 Å². The Morgan fingerprint density at radius 1 is 0.971 bits per heavy atom. The van der Waals surface area contributed by atoms with Gasteiger partial charge in [-0.3, -0.25) is 9.69 Å². The number of anilines is 1. The number of hydrogen-bond donors (Lipinski definition) is 0. The number of fused-ring (bicyclic) bond motifs is 2. The van der Waals surface area contributed by atoms with Crippen molar-refractivity contribution in [1.29, 1.82) is 0 Å². The van der Waals surface area contributed by atoms with Crippen molar-refractivity contribution in [2.75, 3.05) is 51.3 Å². The lowest BCUT2D eigenvalue weighted by molar-refractivity contribution is 0.187. The van der Waals surface area contributed by atoms with E-state index in [0.717, 1.165) is 61.6 Å². The molecule has 2 aromatic carbocycles. The number of aromatic nitrogens is 2. The molecule has 2 aromatic heterocycles. The molecule has 7 heteroatoms. The normalized spacial score (nSPS) is 15.0. The largest absolute Gasteiger partial charge is 0.383 e. The van der Waals surface area contributed by atoms with Gasteiger partial charge in [-0.1, -0.05) is 18.2 Å². The predicted molar refractivity (Wildman–Crippen MR) is 142 cm³/mol. The molecular weight excluding hydrogens is 444 g/mol. The van der Waals surface area contributed by atoms with E-state index in [4.69, 9.17) is 9.11 Å². The third kappa shape index (κ3) is 4.35. The molecule has 0 radical (unpaired) electrons. The average Bonchev–Trinajstić information content (AvgIpc) is 3.31. The maximum atomic E-state index is 12.8. The van der Waals surface area contributed by atoms with Gasteiger partial charge in [0.1, 0.15) is 5.82 Å². The maximum Gasteiger partial charge on any atom is 0.254 e. The predicted octanol–water partition coefficient (Wildman–Crippen LogP) is 4.24. The van der Waals surface area contributed by atoms with Gasteiger partial charge < -0.3 is 14.2 Å². The van der Waals surface area contributed by atoms with Crippen molar-refractivity contribution in [3.05, 3.63) is 69.5 Å². The molecule has 1 aliphatic rings. The number of ether oxygens (including phenoxy) is 1. The Labute approximate surface area is 204 Å². The van der Waals surface area contributed by atoms with Gasteiger partial charge in [-0.2, -0.15) is 4.37 Å². The molecule has 1 aliphatic heterocycles. The van der Waals surface area contributed by atoms with Crippen molar-refractivity contribution in [2.45, 2.75) is 26.8 Å². The van der Waals surface area contributed by atoms with E-state index in [-0.39, 0.29) is 5.56 Å². The summed E-state index contributed by atoms with van der Waals surface area (Å²) in [6, 6.07) is 15.1. The topological polar surface area (TPSA) is 50.6 Å². The first-order valence-electron chi connectivity index (χ1n) is 12.0. The second kappa shape index (κ2) is 9.86. The van der Waals surface area contributed by atoms with Crippen LogP contribution >= 0.6 is 11.5 Å². The molecule has 0 atom stereocenters. The van der Waals surface area contributed by atoms with Crippen LogP contribution in [0, 0.1) is 13.8 Å². The number of nitrogens with zero attached hydrogens (tertiary/aromatic N) is 4. The Kier molecular flexibility index (Phi) is 6.68. The number of pyridine rings is 1. The molecule has 0 spiro atoms. The van der Waals surface area contributed by atoms with Crippen molar-refractivity contribution >= 4 is 38.3 Å². The van der Waals surface area contributed by atoms with Crippen molar-refractivity contribution < 1.29 is 4.74 Å². The first-order valence-corrected chi connectivity index (χ1v) is 12.8. The maximum absolute atomic E-state index is 12.8. The summed E-state index contributed by atoms with van der Waals surface area (Å²) >= 11 is 1.59. The Balaban J connectivity index is 1.26. The van der Waals surface area contributed by atoms with Crippen molar-refractivity contribution in [1.82, 2.24) is 13.8 Å². The lowest BCUT2D eigenvalue weighted by Crippen LogP contribution is -2.47. The number of rotatable bonds is 7. The van der Waals surface area contributed by atoms with Gasteiger partial charge >= 0.3 is 0 Å². The summed E-state index contributed by atoms with van der Waals surface area (Å²) < 4.78 is 13.1. The number of benzene rings is 2. The molecule has 0 saturated carbocycles. The smallest absolute Gasteiger partial charge is 0.254 e. The van der Waals surface area contributed by atoms with Gasteiger partial charge in [0.25, 0.3) is 5.56 Å². The zero-order chi connectivity index (χ0) is 23.7. The molecule has 6 nitrogen and oxygen atoms in total. The second-order valence-electron chi connectivity index (χ2n) is 9.13. The number of aryl methyl sites for hydroxylation is 1. The minimum absolute atomic E-state index is 0.0839. The van der Waals surface area contributed by atoms with Crippen LogP contribution in [0.4, 0.5) is 5.82 Å². The minimum atomic E-state index is 0.0839. The van der Waals surface area contributed by atoms with Crippen LogP contribution in [0.1, 0.15) is 16.7 Å². The van der Waals surface area contributed by atoms with Crippen LogP contribution < -0.4 is 10.5 Å². The zero-order valence-electron chi connectivity index (χ0n) is 20.2. The van der Waals surface area contributed by atoms with Gasteiger partial charge in [0.2, 0.25) is 0 Å². The van der Waals surface area contributed by atoms with Gasteiger partial charge in [-0.25, -0.2) is 0 Å². The third-order valence-corrected chi connectivity index (χ3v) is 7.97. The van der Waals surface area contributed by atoms with Crippen LogP contribution in [-0.4, -0.2) is 60.3 Å². The summed E-state index contributed by atoms with van der Waals surface area (Å²) in [5.74, 6) is 1.14. The lowest BCUT2D eigenvalue weighted by Gasteiger charge is -2.35. The van der Waals surface area contributed by atoms with Crippen LogP contribution in [0.5, 0.6) is 0 Å². The van der Waals surface area contributed by atoms with E-state index in [1.807, 2.05) is 11.5 Å². The summed E-state index contributed by atoms with van der Waals surface area (Å²) in [7, 11) is 1.67. The minimum Gasteiger partial charge on any atom is -0.383 e. The molecule has 0 bridgehead atoms. The summed E-state index contributed by atoms with van der Waals surface area (Å²) in [4.78, 5) is 17.8. The Morgan fingerprint density at radius 2 is 1.76 bits per heavy atom. The molecule has 4 aromatic rings. The Bertz CT molecular complexity index is 1370. The molecule has 5 rings (SSSR count). The van der Waals surface area contributed by atoms with Gasteiger partial charge in [0, 0.05) is 62.7 Å². The number of piperazine rings is 1. The summed E-state index contributed by atoms with van der Waals surface area (Å²) in [6.07, 6.45) is 1.01. The van der Waals surface area contributed by atoms with Gasteiger partial charge in [0.15, 0.2) is 0 Å². The van der Waals surface area contributed by atoms with Crippen LogP contribution in [0.2, 0.25) is 0 Å². The summed E-state index contributed by atoms with van der Waals surface area (Å²) in [5, 5.41) is 2.44. The highest BCUT2D eigenvalue weighted by Crippen LogP contribution is 2.30. The van der Waals surface area contributed by atoms with Crippen molar-refractivity contribution in [3.63, 3.8) is 0 Å². The van der Waals surface area contributed by atoms with E-state index < -0.39 is 0 Å². The Morgan fingerprint density at radius 3 is 2.56 bits per heavy atom. The molecule has 0 unspecified atom stereocenters. The van der Waals surface area contributed by atoms with Crippen molar-refractivity contribution in [3.8, 4) is 0 Å². The van der Waals surface area contributed by atoms with Gasteiger partial charge in [0.05, 0.1) is 16.8 Å². The van der Waals surface area contributed by atoms with E-state index >= 15 is 0 Å². The standard InChI is InChI=1S/C27H32N4O2S/c1-19-20(2)27(32)31(16-17-33-3)24-9-8-21(18-23(19)24)10-11-29-12-14-30(15-13-29)26-22-6-4-5-7-25(22)34-28-26/h4-9,18H,10-17H2,1-3H3. The van der Waals surface area contributed by atoms with Crippen LogP contribution in [0.25, 0.3) is 21.0 Å². The monoisotopic (exact) mass is 476 g/mol. The third-order valence-electron chi connectivity index (χ3n) is 7.15. The second-order valence-corrected chi connectivity index (χ2v) is 9.94. The fourth-order valence-corrected chi connectivity index (χ4v) is 5.72. The number of hydrogen-bond acceptors (Lipinski definition) is 6. The van der Waals surface area contributed by atoms with Gasteiger partial charge in [-0.15, -0.1) is 0 Å². The van der Waals surface area contributed by atoms with Crippen LogP contribution in [-0.2, 0) is 17.7 Å². The summed E-state index contributed by atoms with van der Waals surface area (Å²) in [5.41, 5.74) is 4.31. The van der Waals surface area contributed by atoms with Gasteiger partial charge in [-0.05, 0) is 67.2 Å². The molecule has 34 heavy (non-hydrogen) atoms.